The van der Waals surface area contributed by atoms with Gasteiger partial charge >= 0.3 is 0 Å². The van der Waals surface area contributed by atoms with Crippen LogP contribution in [-0.4, -0.2) is 47.2 Å². The first-order valence-corrected chi connectivity index (χ1v) is 4.98. The van der Waals surface area contributed by atoms with E-state index in [0.29, 0.717) is 0 Å². The molecule has 5 nitrogen and oxygen atoms in total. The zero-order valence-electron chi connectivity index (χ0n) is 10.2. The molecule has 15 heavy (non-hydrogen) atoms. The summed E-state index contributed by atoms with van der Waals surface area (Å²) in [6.45, 7) is 6.42. The van der Waals surface area contributed by atoms with Crippen LogP contribution < -0.4 is 0 Å². The topological polar surface area (TPSA) is 79.2 Å². The van der Waals surface area contributed by atoms with Crippen molar-refractivity contribution >= 4 is 0 Å². The molecule has 2 atom stereocenters. The number of aliphatic hydroxyl groups is 3. The third-order valence-electron chi connectivity index (χ3n) is 1.37. The molecule has 0 saturated heterocycles. The summed E-state index contributed by atoms with van der Waals surface area (Å²) in [4.78, 5) is 0. The highest BCUT2D eigenvalue weighted by Gasteiger charge is 2.08. The standard InChI is InChI=1S/C7H16O3.C3H8O2/c1-4-7(5-8)10-6(2)9-3;1-3(2,4)5/h6-8H,4-5H2,1-3H3;4-5H,1-2H3. The summed E-state index contributed by atoms with van der Waals surface area (Å²) >= 11 is 0. The van der Waals surface area contributed by atoms with Gasteiger partial charge in [-0.2, -0.15) is 0 Å². The Balaban J connectivity index is 0. The van der Waals surface area contributed by atoms with E-state index in [9.17, 15) is 0 Å². The Labute approximate surface area is 91.6 Å². The van der Waals surface area contributed by atoms with Crippen LogP contribution in [0.3, 0.4) is 0 Å². The van der Waals surface area contributed by atoms with Gasteiger partial charge in [0.1, 0.15) is 0 Å². The average molecular weight is 224 g/mol. The van der Waals surface area contributed by atoms with Crippen molar-refractivity contribution in [2.45, 2.75) is 52.3 Å². The van der Waals surface area contributed by atoms with Crippen LogP contribution in [0.4, 0.5) is 0 Å². The van der Waals surface area contributed by atoms with Crippen molar-refractivity contribution in [2.24, 2.45) is 0 Å². The molecule has 94 valence electrons. The molecule has 0 aromatic heterocycles. The summed E-state index contributed by atoms with van der Waals surface area (Å²) in [7, 11) is 1.58. The van der Waals surface area contributed by atoms with E-state index in [4.69, 9.17) is 24.8 Å². The highest BCUT2D eigenvalue weighted by molar-refractivity contribution is 4.51. The molecule has 5 heteroatoms. The Morgan fingerprint density at radius 2 is 1.67 bits per heavy atom. The first-order valence-electron chi connectivity index (χ1n) is 4.98. The van der Waals surface area contributed by atoms with Crippen molar-refractivity contribution in [1.29, 1.82) is 0 Å². The number of aliphatic hydroxyl groups excluding tert-OH is 1. The SMILES string of the molecule is CC(C)(O)O.CCC(CO)OC(C)OC. The Morgan fingerprint density at radius 1 is 1.27 bits per heavy atom. The fourth-order valence-corrected chi connectivity index (χ4v) is 0.595. The number of ether oxygens (including phenoxy) is 2. The third kappa shape index (κ3) is 20.0. The maximum absolute atomic E-state index is 8.69. The molecule has 0 aliphatic heterocycles. The van der Waals surface area contributed by atoms with E-state index in [2.05, 4.69) is 0 Å². The molecule has 0 saturated carbocycles. The van der Waals surface area contributed by atoms with E-state index < -0.39 is 5.79 Å². The maximum atomic E-state index is 8.69. The molecule has 0 aromatic rings. The van der Waals surface area contributed by atoms with Gasteiger partial charge < -0.3 is 24.8 Å². The fraction of sp³-hybridized carbons (Fsp3) is 1.00. The molecule has 3 N–H and O–H groups in total. The molecule has 0 bridgehead atoms. The van der Waals surface area contributed by atoms with Crippen molar-refractivity contribution in [3.8, 4) is 0 Å². The summed E-state index contributed by atoms with van der Waals surface area (Å²) < 4.78 is 10.1. The molecule has 0 aromatic carbocycles. The van der Waals surface area contributed by atoms with Gasteiger partial charge in [0.05, 0.1) is 12.7 Å². The highest BCUT2D eigenvalue weighted by atomic mass is 16.7. The van der Waals surface area contributed by atoms with E-state index in [1.807, 2.05) is 6.92 Å². The van der Waals surface area contributed by atoms with Gasteiger partial charge in [-0.05, 0) is 27.2 Å². The molecular formula is C10H24O5. The number of methoxy groups -OCH3 is 1. The molecule has 0 amide bonds. The summed E-state index contributed by atoms with van der Waals surface area (Å²) in [5.74, 6) is -1.50. The molecule has 0 rings (SSSR count). The quantitative estimate of drug-likeness (QED) is 0.592. The summed E-state index contributed by atoms with van der Waals surface area (Å²) in [5, 5.41) is 24.8. The van der Waals surface area contributed by atoms with Crippen molar-refractivity contribution in [3.63, 3.8) is 0 Å². The van der Waals surface area contributed by atoms with Crippen LogP contribution in [0, 0.1) is 0 Å². The monoisotopic (exact) mass is 224 g/mol. The second kappa shape index (κ2) is 9.06. The Hall–Kier alpha value is -0.200. The van der Waals surface area contributed by atoms with E-state index in [1.165, 1.54) is 13.8 Å². The minimum Gasteiger partial charge on any atom is -0.394 e. The van der Waals surface area contributed by atoms with Crippen LogP contribution in [0.15, 0.2) is 0 Å². The normalized spacial score (nSPS) is 15.2. The lowest BCUT2D eigenvalue weighted by Crippen LogP contribution is -2.23. The minimum absolute atomic E-state index is 0.0597. The lowest BCUT2D eigenvalue weighted by molar-refractivity contribution is -0.154. The number of rotatable bonds is 5. The third-order valence-corrected chi connectivity index (χ3v) is 1.37. The van der Waals surface area contributed by atoms with E-state index in [0.717, 1.165) is 6.42 Å². The number of hydrogen-bond acceptors (Lipinski definition) is 5. The van der Waals surface area contributed by atoms with Crippen LogP contribution in [-0.2, 0) is 9.47 Å². The molecule has 0 aliphatic rings. The molecular weight excluding hydrogens is 200 g/mol. The van der Waals surface area contributed by atoms with Gasteiger partial charge in [0.25, 0.3) is 0 Å². The molecule has 2 unspecified atom stereocenters. The van der Waals surface area contributed by atoms with Crippen molar-refractivity contribution < 1.29 is 24.8 Å². The van der Waals surface area contributed by atoms with Crippen LogP contribution >= 0.6 is 0 Å². The number of hydrogen-bond donors (Lipinski definition) is 3. The van der Waals surface area contributed by atoms with E-state index in [-0.39, 0.29) is 19.0 Å². The lowest BCUT2D eigenvalue weighted by Gasteiger charge is -2.17. The van der Waals surface area contributed by atoms with Gasteiger partial charge in [0.2, 0.25) is 0 Å². The fourth-order valence-electron chi connectivity index (χ4n) is 0.595. The average Bonchev–Trinajstić information content (AvgIpc) is 2.11. The van der Waals surface area contributed by atoms with Crippen LogP contribution in [0.2, 0.25) is 0 Å². The summed E-state index contributed by atoms with van der Waals surface area (Å²) in [6, 6.07) is 0. The zero-order valence-corrected chi connectivity index (χ0v) is 10.2. The van der Waals surface area contributed by atoms with Gasteiger partial charge in [-0.25, -0.2) is 0 Å². The smallest absolute Gasteiger partial charge is 0.156 e. The first kappa shape index (κ1) is 17.2. The van der Waals surface area contributed by atoms with Gasteiger partial charge in [0.15, 0.2) is 12.1 Å². The highest BCUT2D eigenvalue weighted by Crippen LogP contribution is 2.01. The largest absolute Gasteiger partial charge is 0.394 e. The second-order valence-corrected chi connectivity index (χ2v) is 3.65. The Kier molecular flexibility index (Phi) is 10.4. The van der Waals surface area contributed by atoms with Gasteiger partial charge in [-0.15, -0.1) is 0 Å². The lowest BCUT2D eigenvalue weighted by atomic mass is 10.3. The molecule has 0 spiro atoms. The second-order valence-electron chi connectivity index (χ2n) is 3.65. The molecule has 0 aliphatic carbocycles. The van der Waals surface area contributed by atoms with Crippen LogP contribution in [0.25, 0.3) is 0 Å². The summed E-state index contributed by atoms with van der Waals surface area (Å²) in [6.07, 6.45) is 0.497. The molecule has 0 radical (unpaired) electrons. The molecule has 0 fully saturated rings. The van der Waals surface area contributed by atoms with Crippen molar-refractivity contribution in [3.05, 3.63) is 0 Å². The minimum atomic E-state index is -1.50. The van der Waals surface area contributed by atoms with E-state index >= 15 is 0 Å². The van der Waals surface area contributed by atoms with E-state index in [1.54, 1.807) is 14.0 Å². The van der Waals surface area contributed by atoms with Gasteiger partial charge in [-0.1, -0.05) is 6.92 Å². The zero-order chi connectivity index (χ0) is 12.5. The van der Waals surface area contributed by atoms with Crippen molar-refractivity contribution in [1.82, 2.24) is 0 Å². The summed E-state index contributed by atoms with van der Waals surface area (Å²) in [5.41, 5.74) is 0. The maximum Gasteiger partial charge on any atom is 0.156 e. The Bertz CT molecular complexity index is 122. The first-order chi connectivity index (χ1) is 6.74. The van der Waals surface area contributed by atoms with Crippen molar-refractivity contribution in [2.75, 3.05) is 13.7 Å². The van der Waals surface area contributed by atoms with Gasteiger partial charge in [0, 0.05) is 7.11 Å². The molecule has 0 heterocycles. The van der Waals surface area contributed by atoms with Crippen LogP contribution in [0.1, 0.15) is 34.1 Å². The Morgan fingerprint density at radius 3 is 1.87 bits per heavy atom. The van der Waals surface area contributed by atoms with Crippen LogP contribution in [0.5, 0.6) is 0 Å². The predicted octanol–water partition coefficient (Wildman–Crippen LogP) is 0.473. The van der Waals surface area contributed by atoms with Gasteiger partial charge in [-0.3, -0.25) is 0 Å². The predicted molar refractivity (Wildman–Crippen MR) is 57.2 cm³/mol.